The van der Waals surface area contributed by atoms with Crippen LogP contribution in [0.3, 0.4) is 0 Å². The molecule has 5 fully saturated rings. The van der Waals surface area contributed by atoms with Crippen molar-refractivity contribution in [2.45, 2.75) is 164 Å². The third-order valence-electron chi connectivity index (χ3n) is 21.5. The Labute approximate surface area is 836 Å². The highest BCUT2D eigenvalue weighted by molar-refractivity contribution is 7.63. The number of nitrogens with zero attached hydrogens (tertiary/aromatic N) is 4. The Balaban J connectivity index is 0.000000188. The molecule has 808 valence electrons. The molecule has 0 spiro atoms. The number of hydrogen-bond acceptors (Lipinski definition) is 46. The molecule has 148 heavy (non-hydrogen) atoms. The van der Waals surface area contributed by atoms with E-state index >= 15 is 0 Å². The zero-order valence-corrected chi connectivity index (χ0v) is 85.1. The molecule has 9 aromatic rings. The zero-order chi connectivity index (χ0) is 108. The van der Waals surface area contributed by atoms with Gasteiger partial charge in [0.15, 0.2) is 43.4 Å². The lowest BCUT2D eigenvalue weighted by atomic mass is 9.94. The highest BCUT2D eigenvalue weighted by Gasteiger charge is 2.55. The van der Waals surface area contributed by atoms with Crippen LogP contribution in [0.25, 0.3) is 0 Å². The summed E-state index contributed by atoms with van der Waals surface area (Å²) in [5.74, 6) is -2.91. The molecular formula is C84H98N10O46P8-8. The van der Waals surface area contributed by atoms with E-state index in [2.05, 4.69) is 41.9 Å². The van der Waals surface area contributed by atoms with E-state index in [1.807, 2.05) is 52.2 Å². The van der Waals surface area contributed by atoms with E-state index in [4.69, 9.17) is 46.9 Å². The highest BCUT2D eigenvalue weighted by Crippen LogP contribution is 2.60. The summed E-state index contributed by atoms with van der Waals surface area (Å²) in [6.45, 7) is 2.82. The van der Waals surface area contributed by atoms with Gasteiger partial charge in [-0.25, -0.2) is 28.8 Å². The Morgan fingerprint density at radius 1 is 0.405 bits per heavy atom. The van der Waals surface area contributed by atoms with Crippen molar-refractivity contribution < 1.29 is 179 Å². The van der Waals surface area contributed by atoms with E-state index in [0.29, 0.717) is 36.2 Å². The third kappa shape index (κ3) is 35.2. The number of anilines is 2. The van der Waals surface area contributed by atoms with Crippen molar-refractivity contribution in [1.29, 1.82) is 0 Å². The van der Waals surface area contributed by atoms with Gasteiger partial charge in [-0.1, -0.05) is 156 Å². The van der Waals surface area contributed by atoms with Crippen LogP contribution in [0.15, 0.2) is 239 Å². The number of ether oxygens (including phenoxy) is 8. The second kappa shape index (κ2) is 52.3. The van der Waals surface area contributed by atoms with Crippen LogP contribution in [-0.4, -0.2) is 190 Å². The van der Waals surface area contributed by atoms with Crippen LogP contribution in [0.4, 0.5) is 16.2 Å². The van der Waals surface area contributed by atoms with Crippen molar-refractivity contribution in [2.24, 2.45) is 11.8 Å². The van der Waals surface area contributed by atoms with Crippen LogP contribution in [0, 0.1) is 11.8 Å². The first-order valence-corrected chi connectivity index (χ1v) is 57.3. The van der Waals surface area contributed by atoms with Crippen molar-refractivity contribution >= 4 is 91.0 Å². The van der Waals surface area contributed by atoms with E-state index < -0.39 is 286 Å². The number of amides is 2. The van der Waals surface area contributed by atoms with Crippen molar-refractivity contribution in [1.82, 2.24) is 38.2 Å². The number of rotatable bonds is 42. The number of carbonyl (C=O) groups is 3. The van der Waals surface area contributed by atoms with E-state index in [-0.39, 0.29) is 17.9 Å². The van der Waals surface area contributed by atoms with Crippen LogP contribution in [0.5, 0.6) is 0 Å². The van der Waals surface area contributed by atoms with Crippen molar-refractivity contribution in [2.75, 3.05) is 55.5 Å². The number of phosphoric ester groups is 4. The Bertz CT molecular complexity index is 6950. The van der Waals surface area contributed by atoms with Crippen molar-refractivity contribution in [3.8, 4) is 0 Å². The first-order chi connectivity index (χ1) is 69.7. The molecule has 0 aliphatic carbocycles. The quantitative estimate of drug-likeness (QED) is 0.0146. The number of carbonyl (C=O) groups excluding carboxylic acids is 3. The molecule has 13 unspecified atom stereocenters. The first-order valence-electron chi connectivity index (χ1n) is 44.5. The minimum Gasteiger partial charge on any atom is -0.778 e. The highest BCUT2D eigenvalue weighted by atomic mass is 31.3. The Kier molecular flexibility index (Phi) is 41.7. The lowest BCUT2D eigenvalue weighted by molar-refractivity contribution is -0.237. The number of esters is 1. The van der Waals surface area contributed by atoms with Gasteiger partial charge in [0.1, 0.15) is 79.2 Å². The van der Waals surface area contributed by atoms with Gasteiger partial charge >= 0.3 is 34.8 Å². The van der Waals surface area contributed by atoms with Crippen LogP contribution in [-0.2, 0) is 127 Å². The van der Waals surface area contributed by atoms with Gasteiger partial charge in [0.25, 0.3) is 53.5 Å². The Morgan fingerprint density at radius 2 is 0.777 bits per heavy atom. The molecule has 5 saturated heterocycles. The molecule has 25 atom stereocenters. The second-order valence-corrected chi connectivity index (χ2v) is 47.1. The maximum atomic E-state index is 12.7. The van der Waals surface area contributed by atoms with Crippen LogP contribution in [0.2, 0.25) is 0 Å². The number of hydrogen-bond donors (Lipinski definition) is 9. The summed E-state index contributed by atoms with van der Waals surface area (Å²) in [6, 6.07) is 45.3. The number of unbranched alkanes of at least 4 members (excludes halogenated alkanes) is 2. The number of aliphatic hydroxyl groups excluding tert-OH is 3. The van der Waals surface area contributed by atoms with Gasteiger partial charge in [-0.3, -0.25) is 103 Å². The number of aromatic nitrogens is 8. The number of phosphoric acid groups is 4. The maximum absolute atomic E-state index is 12.7. The Morgan fingerprint density at radius 3 is 1.22 bits per heavy atom. The van der Waals surface area contributed by atoms with Crippen LogP contribution in [0.1, 0.15) is 99.8 Å². The molecule has 9 N–H and O–H groups in total. The van der Waals surface area contributed by atoms with Gasteiger partial charge in [-0.2, -0.15) is 0 Å². The largest absolute Gasteiger partial charge is 0.778 e. The molecule has 4 aromatic heterocycles. The lowest BCUT2D eigenvalue weighted by Crippen LogP contribution is -2.41. The summed E-state index contributed by atoms with van der Waals surface area (Å²) in [4.78, 5) is 237. The molecule has 14 rings (SSSR count). The van der Waals surface area contributed by atoms with Gasteiger partial charge in [0, 0.05) is 104 Å². The van der Waals surface area contributed by atoms with Crippen LogP contribution < -0.4 is 94.8 Å². The first kappa shape index (κ1) is 118. The standard InChI is InChI=1S/C24H27N3O11P2.C21H28N2O12P2.C21H28N2O11P2.C18H23N3O12P2/c28-20-11-12-27(24(31)26-20)23-22(30)18(13-21(29)25-17-9-5-2-6-10-17)19(37-23)14-36-40(34,35)38-39(32,33)15-16-7-3-1-4-8-16;1-2-3-7-12-36(28,29)35-37(30,31)32-13-15-17(25)18(34-20(26)14-8-5-4-6-9-14)19(33-15)23-11-10-16(24)22-21(23)27;1-13(2)12-35(26,27)34-36(28,29)30-11-15-18-19(20(31-15)23-9-8-16(24)22-21(23)25)33-17(32-18)10-14-6-4-3-5-7-14;1-2-34(26,27)33-35(28,29)30-10-12-14(23)15(32-18(25)19-11-6-4-3-5-7-11)16(31-12)21-9-8-13(22)20-17(21)24/h1-12,18-19,22-23,30H,13-15H2,(H,25,29)(H,32,33)(H,34,35)(H,26,28,31);4-6,8-11,15,17-19,25H,2-3,7,12-13H2,1H3,(H,28,29)(H,30,31)(H,22,24,27);3-9,13,15,17-20H,10-12H2,1-2H3,(H,26,27)(H,28,29)(H,22,24,25);3-9,12,14-16,23H,2,10H2,1H3,(H,19,25)(H,26,27)(H,28,29)(H,20,22,24)/p-8/t18?,19-,22+,23-;15-,17?,18+,19-;15-,17?,18?,19+,20-;12-,14?,15+,16-/m1111/s1. The summed E-state index contributed by atoms with van der Waals surface area (Å²) in [5.41, 5.74) is -4.22. The number of H-pyrrole nitrogens is 4. The maximum Gasteiger partial charge on any atom is 0.412 e. The SMILES string of the molecule is CC(C)CP(=O)([O-])OP(=O)([O-])OC[C@H]1O[C@@H](n2ccc(=O)[nH]c2=O)[C@H]2OC(Cc3ccccc3)OC12.CCCCCP(=O)([O-])OP(=O)([O-])OC[C@H]1O[C@@H](n2ccc(=O)[nH]c2=O)[C@@H](OC(=O)c2ccccc2)C1O.CCP(=O)([O-])OP(=O)([O-])OC[C@H]1O[C@@H](n2ccc(=O)[nH]c2=O)[C@@H](OC(=O)Nc2ccccc2)C1O.O=C(CC1[C@@H](COP(=O)([O-])OP(=O)([O-])Cc2ccccc2)O[C@@H](n2ccc(=O)[nH]c2=O)[C@H]1O)Nc1ccccc1. The molecule has 2 amide bonds. The van der Waals surface area contributed by atoms with Gasteiger partial charge < -0.3 is 134 Å². The summed E-state index contributed by atoms with van der Waals surface area (Å²) < 4.78 is 181. The summed E-state index contributed by atoms with van der Waals surface area (Å²) in [6.07, 6.45) is -19.1. The zero-order valence-electron chi connectivity index (χ0n) is 77.9. The monoisotopic (exact) mass is 2230 g/mol. The van der Waals surface area contributed by atoms with Crippen molar-refractivity contribution in [3.63, 3.8) is 0 Å². The summed E-state index contributed by atoms with van der Waals surface area (Å²) in [7, 11) is -40.6. The molecule has 5 aromatic carbocycles. The smallest absolute Gasteiger partial charge is 0.412 e. The molecule has 64 heteroatoms. The number of aromatic amines is 4. The molecule has 5 aliphatic heterocycles. The Hall–Kier alpha value is -10.1. The molecule has 5 aliphatic rings. The molecule has 0 radical (unpaired) electrons. The number of benzene rings is 5. The number of aliphatic hydroxyl groups is 3. The lowest BCUT2D eigenvalue weighted by Gasteiger charge is -2.33. The summed E-state index contributed by atoms with van der Waals surface area (Å²) in [5, 5.41) is 37.5. The predicted molar refractivity (Wildman–Crippen MR) is 496 cm³/mol. The number of para-hydroxylation sites is 2. The number of fused-ring (bicyclic) bond motifs is 1. The minimum atomic E-state index is -5.45. The average molecular weight is 2230 g/mol. The fourth-order valence-corrected chi connectivity index (χ4v) is 25.3. The summed E-state index contributed by atoms with van der Waals surface area (Å²) >= 11 is 0. The second-order valence-electron chi connectivity index (χ2n) is 33.2. The minimum absolute atomic E-state index is 0.119. The topological polar surface area (TPSA) is 824 Å². The fourth-order valence-electron chi connectivity index (χ4n) is 14.9. The van der Waals surface area contributed by atoms with Gasteiger partial charge in [0.05, 0.1) is 38.1 Å². The molecular weight excluding hydrogens is 2130 g/mol. The fraction of sp³-hybridized carbons (Fsp3) is 0.417. The van der Waals surface area contributed by atoms with E-state index in [9.17, 15) is 144 Å². The predicted octanol–water partition coefficient (Wildman–Crippen LogP) is 0.946. The molecule has 0 bridgehead atoms. The number of nitrogens with one attached hydrogen (secondary N) is 6. The normalized spacial score (nSPS) is 25.7. The van der Waals surface area contributed by atoms with Gasteiger partial charge in [-0.05, 0) is 59.9 Å². The van der Waals surface area contributed by atoms with E-state index in [1.54, 1.807) is 111 Å². The third-order valence-corrected chi connectivity index (χ3v) is 34.1. The average Bonchev–Trinajstić information content (AvgIpc) is 1.61. The van der Waals surface area contributed by atoms with Gasteiger partial charge in [0.2, 0.25) is 5.91 Å². The van der Waals surface area contributed by atoms with Crippen LogP contribution >= 0.6 is 61.7 Å². The molecule has 56 nitrogen and oxygen atoms in total. The molecule has 0 saturated carbocycles. The van der Waals surface area contributed by atoms with E-state index in [1.165, 1.54) is 30.5 Å². The van der Waals surface area contributed by atoms with Gasteiger partial charge in [-0.15, -0.1) is 0 Å². The molecule has 9 heterocycles. The van der Waals surface area contributed by atoms with E-state index in [0.717, 1.165) is 73.6 Å². The van der Waals surface area contributed by atoms with Crippen molar-refractivity contribution in [3.05, 3.63) is 301 Å².